The summed E-state index contributed by atoms with van der Waals surface area (Å²) in [6.07, 6.45) is 0.936. The van der Waals surface area contributed by atoms with Crippen LogP contribution < -0.4 is 0 Å². The number of hydrogen-bond donors (Lipinski definition) is 1. The van der Waals surface area contributed by atoms with Crippen molar-refractivity contribution >= 4 is 14.3 Å². The first-order valence-corrected chi connectivity index (χ1v) is 8.83. The normalized spacial score (nSPS) is 14.9. The van der Waals surface area contributed by atoms with Gasteiger partial charge >= 0.3 is 5.97 Å². The molecule has 16 heavy (non-hydrogen) atoms. The third kappa shape index (κ3) is 5.65. The molecule has 0 unspecified atom stereocenters. The van der Waals surface area contributed by atoms with Gasteiger partial charge in [0.1, 0.15) is 0 Å². The fourth-order valence-electron chi connectivity index (χ4n) is 1.02. The van der Waals surface area contributed by atoms with Crippen LogP contribution in [0.25, 0.3) is 0 Å². The van der Waals surface area contributed by atoms with Crippen molar-refractivity contribution in [1.29, 1.82) is 0 Å². The van der Waals surface area contributed by atoms with Crippen LogP contribution in [0, 0.1) is 5.92 Å². The van der Waals surface area contributed by atoms with Crippen molar-refractivity contribution in [2.45, 2.75) is 58.7 Å². The minimum absolute atomic E-state index is 0.222. The second-order valence-electron chi connectivity index (χ2n) is 6.11. The molecule has 0 bridgehead atoms. The summed E-state index contributed by atoms with van der Waals surface area (Å²) >= 11 is 0. The van der Waals surface area contributed by atoms with Gasteiger partial charge in [-0.15, -0.1) is 0 Å². The van der Waals surface area contributed by atoms with E-state index in [1.165, 1.54) is 0 Å². The first kappa shape index (κ1) is 15.6. The monoisotopic (exact) mass is 246 g/mol. The summed E-state index contributed by atoms with van der Waals surface area (Å²) in [6, 6.07) is 0. The molecule has 0 aliphatic rings. The maximum absolute atomic E-state index is 10.4. The molecule has 0 aliphatic carbocycles. The van der Waals surface area contributed by atoms with E-state index in [9.17, 15) is 4.79 Å². The van der Waals surface area contributed by atoms with Crippen molar-refractivity contribution in [3.63, 3.8) is 0 Å². The van der Waals surface area contributed by atoms with E-state index in [4.69, 9.17) is 9.53 Å². The fourth-order valence-corrected chi connectivity index (χ4v) is 2.15. The Bertz CT molecular complexity index is 231. The predicted molar refractivity (Wildman–Crippen MR) is 69.2 cm³/mol. The first-order valence-electron chi connectivity index (χ1n) is 5.92. The summed E-state index contributed by atoms with van der Waals surface area (Å²) in [5.74, 6) is -0.399. The van der Waals surface area contributed by atoms with Crippen LogP contribution in [0.15, 0.2) is 0 Å². The minimum atomic E-state index is -1.67. The predicted octanol–water partition coefficient (Wildman–Crippen LogP) is 3.51. The maximum atomic E-state index is 10.4. The van der Waals surface area contributed by atoms with Gasteiger partial charge in [0.2, 0.25) is 0 Å². The van der Waals surface area contributed by atoms with E-state index >= 15 is 0 Å². The Morgan fingerprint density at radius 1 is 1.38 bits per heavy atom. The van der Waals surface area contributed by atoms with Crippen LogP contribution >= 0.6 is 0 Å². The molecular formula is C12H26O3Si. The molecule has 3 nitrogen and oxygen atoms in total. The van der Waals surface area contributed by atoms with Crippen LogP contribution in [-0.4, -0.2) is 26.0 Å². The van der Waals surface area contributed by atoms with Crippen LogP contribution in [-0.2, 0) is 9.22 Å². The zero-order chi connectivity index (χ0) is 13.0. The van der Waals surface area contributed by atoms with Crippen LogP contribution in [0.4, 0.5) is 0 Å². The molecule has 0 rings (SSSR count). The lowest BCUT2D eigenvalue weighted by Crippen LogP contribution is -2.41. The van der Waals surface area contributed by atoms with Gasteiger partial charge in [0.25, 0.3) is 0 Å². The highest BCUT2D eigenvalue weighted by Crippen LogP contribution is 2.36. The second-order valence-corrected chi connectivity index (χ2v) is 10.9. The van der Waals surface area contributed by atoms with E-state index in [0.29, 0.717) is 18.9 Å². The standard InChI is InChI=1S/C12H26O3Si/c1-10(7-8-11(13)14)9-15-16(5,6)12(2,3)4/h10H,7-9H2,1-6H3,(H,13,14)/t10-/m0/s1. The van der Waals surface area contributed by atoms with Gasteiger partial charge in [-0.3, -0.25) is 4.79 Å². The van der Waals surface area contributed by atoms with Gasteiger partial charge in [-0.2, -0.15) is 0 Å². The lowest BCUT2D eigenvalue weighted by molar-refractivity contribution is -0.137. The highest BCUT2D eigenvalue weighted by Gasteiger charge is 2.37. The topological polar surface area (TPSA) is 46.5 Å². The Morgan fingerprint density at radius 2 is 1.88 bits per heavy atom. The summed E-state index contributed by atoms with van der Waals surface area (Å²) < 4.78 is 6.03. The Kier molecular flexibility index (Phi) is 5.69. The van der Waals surface area contributed by atoms with E-state index in [1.54, 1.807) is 0 Å². The molecule has 0 aliphatic heterocycles. The highest BCUT2D eigenvalue weighted by atomic mass is 28.4. The third-order valence-electron chi connectivity index (χ3n) is 3.39. The Hall–Kier alpha value is -0.353. The average Bonchev–Trinajstić information content (AvgIpc) is 2.09. The van der Waals surface area contributed by atoms with Crippen molar-refractivity contribution in [2.75, 3.05) is 6.61 Å². The second kappa shape index (κ2) is 5.82. The van der Waals surface area contributed by atoms with E-state index in [-0.39, 0.29) is 11.5 Å². The number of carboxylic acids is 1. The average molecular weight is 246 g/mol. The smallest absolute Gasteiger partial charge is 0.303 e. The molecule has 0 saturated heterocycles. The van der Waals surface area contributed by atoms with Crippen LogP contribution in [0.5, 0.6) is 0 Å². The number of hydrogen-bond acceptors (Lipinski definition) is 2. The highest BCUT2D eigenvalue weighted by molar-refractivity contribution is 6.74. The molecule has 0 fully saturated rings. The maximum Gasteiger partial charge on any atom is 0.303 e. The van der Waals surface area contributed by atoms with E-state index in [1.807, 2.05) is 0 Å². The summed E-state index contributed by atoms with van der Waals surface area (Å²) in [4.78, 5) is 10.4. The Morgan fingerprint density at radius 3 is 2.25 bits per heavy atom. The third-order valence-corrected chi connectivity index (χ3v) is 7.89. The molecule has 4 heteroatoms. The van der Waals surface area contributed by atoms with Crippen molar-refractivity contribution in [3.8, 4) is 0 Å². The quantitative estimate of drug-likeness (QED) is 0.730. The first-order chi connectivity index (χ1) is 7.06. The van der Waals surface area contributed by atoms with Gasteiger partial charge in [0.05, 0.1) is 0 Å². The van der Waals surface area contributed by atoms with Gasteiger partial charge in [0, 0.05) is 13.0 Å². The molecule has 0 amide bonds. The zero-order valence-corrected chi connectivity index (χ0v) is 12.5. The zero-order valence-electron chi connectivity index (χ0n) is 11.5. The molecule has 0 aromatic carbocycles. The minimum Gasteiger partial charge on any atom is -0.481 e. The number of aliphatic carboxylic acids is 1. The largest absolute Gasteiger partial charge is 0.481 e. The summed E-state index contributed by atoms with van der Waals surface area (Å²) in [7, 11) is -1.67. The summed E-state index contributed by atoms with van der Waals surface area (Å²) in [5, 5.41) is 8.81. The summed E-state index contributed by atoms with van der Waals surface area (Å²) in [5.41, 5.74) is 0. The van der Waals surface area contributed by atoms with Gasteiger partial charge in [-0.1, -0.05) is 27.7 Å². The fraction of sp³-hybridized carbons (Fsp3) is 0.917. The Balaban J connectivity index is 4.00. The van der Waals surface area contributed by atoms with E-state index in [0.717, 1.165) is 0 Å². The lowest BCUT2D eigenvalue weighted by atomic mass is 10.1. The van der Waals surface area contributed by atoms with Crippen molar-refractivity contribution in [3.05, 3.63) is 0 Å². The molecule has 0 aromatic heterocycles. The molecule has 0 radical (unpaired) electrons. The van der Waals surface area contributed by atoms with E-state index in [2.05, 4.69) is 40.8 Å². The SMILES string of the molecule is C[C@@H](CCC(=O)O)CO[Si](C)(C)C(C)(C)C. The molecule has 1 N–H and O–H groups in total. The number of carboxylic acid groups (broad SMARTS) is 1. The summed E-state index contributed by atoms with van der Waals surface area (Å²) in [6.45, 7) is 13.8. The van der Waals surface area contributed by atoms with Gasteiger partial charge in [-0.25, -0.2) is 0 Å². The van der Waals surface area contributed by atoms with Gasteiger partial charge in [-0.05, 0) is 30.5 Å². The van der Waals surface area contributed by atoms with Crippen molar-refractivity contribution in [2.24, 2.45) is 5.92 Å². The van der Waals surface area contributed by atoms with E-state index < -0.39 is 14.3 Å². The van der Waals surface area contributed by atoms with Crippen molar-refractivity contribution in [1.82, 2.24) is 0 Å². The van der Waals surface area contributed by atoms with Crippen LogP contribution in [0.1, 0.15) is 40.5 Å². The lowest BCUT2D eigenvalue weighted by Gasteiger charge is -2.37. The van der Waals surface area contributed by atoms with Crippen LogP contribution in [0.3, 0.4) is 0 Å². The molecule has 0 spiro atoms. The van der Waals surface area contributed by atoms with Gasteiger partial charge in [0.15, 0.2) is 8.32 Å². The van der Waals surface area contributed by atoms with Gasteiger partial charge < -0.3 is 9.53 Å². The molecule has 0 saturated carbocycles. The van der Waals surface area contributed by atoms with Crippen molar-refractivity contribution < 1.29 is 14.3 Å². The number of carbonyl (C=O) groups is 1. The number of rotatable bonds is 6. The molecule has 0 aromatic rings. The molecule has 1 atom stereocenters. The molecular weight excluding hydrogens is 220 g/mol. The van der Waals surface area contributed by atoms with Crippen LogP contribution in [0.2, 0.25) is 18.1 Å². The Labute approximate surface area is 100 Å². The molecule has 0 heterocycles. The molecule has 96 valence electrons.